The molecule has 3 aliphatic rings. The van der Waals surface area contributed by atoms with Gasteiger partial charge in [-0.25, -0.2) is 0 Å². The largest absolute Gasteiger partial charge is 0.491 e. The van der Waals surface area contributed by atoms with Crippen LogP contribution in [0.2, 0.25) is 5.02 Å². The van der Waals surface area contributed by atoms with Gasteiger partial charge in [-0.3, -0.25) is 19.7 Å². The molecule has 36 heavy (non-hydrogen) atoms. The molecular formula is C28H32ClN3O4. The Balaban J connectivity index is 1.18. The minimum atomic E-state index is -0.578. The highest BCUT2D eigenvalue weighted by atomic mass is 35.5. The highest BCUT2D eigenvalue weighted by Gasteiger charge is 2.39. The molecule has 0 radical (unpaired) electrons. The molecule has 0 bridgehead atoms. The van der Waals surface area contributed by atoms with Gasteiger partial charge in [-0.05, 0) is 60.9 Å². The molecule has 2 aromatic carbocycles. The van der Waals surface area contributed by atoms with E-state index in [0.717, 1.165) is 24.9 Å². The van der Waals surface area contributed by atoms with Gasteiger partial charge in [-0.1, -0.05) is 48.7 Å². The lowest BCUT2D eigenvalue weighted by atomic mass is 9.80. The third-order valence-electron chi connectivity index (χ3n) is 7.60. The molecule has 8 heteroatoms. The van der Waals surface area contributed by atoms with Gasteiger partial charge in [0.15, 0.2) is 0 Å². The first-order chi connectivity index (χ1) is 17.5. The predicted octanol–water partition coefficient (Wildman–Crippen LogP) is 3.87. The minimum Gasteiger partial charge on any atom is -0.491 e. The summed E-state index contributed by atoms with van der Waals surface area (Å²) in [4.78, 5) is 38.4. The number of hydrogen-bond donors (Lipinski definition) is 2. The number of nitrogens with zero attached hydrogens (tertiary/aromatic N) is 1. The number of rotatable bonds is 8. The highest BCUT2D eigenvalue weighted by molar-refractivity contribution is 6.32. The third-order valence-corrected chi connectivity index (χ3v) is 7.91. The lowest BCUT2D eigenvalue weighted by molar-refractivity contribution is -0.136. The summed E-state index contributed by atoms with van der Waals surface area (Å²) >= 11 is 6.18. The molecule has 1 saturated carbocycles. The topological polar surface area (TPSA) is 87.7 Å². The smallest absolute Gasteiger partial charge is 0.255 e. The van der Waals surface area contributed by atoms with Gasteiger partial charge in [-0.15, -0.1) is 0 Å². The first-order valence-electron chi connectivity index (χ1n) is 12.9. The van der Waals surface area contributed by atoms with Gasteiger partial charge in [-0.2, -0.15) is 0 Å². The van der Waals surface area contributed by atoms with Crippen LogP contribution in [0.5, 0.6) is 5.75 Å². The van der Waals surface area contributed by atoms with E-state index < -0.39 is 6.04 Å². The maximum atomic E-state index is 13.0. The summed E-state index contributed by atoms with van der Waals surface area (Å²) < 4.78 is 5.84. The van der Waals surface area contributed by atoms with Crippen molar-refractivity contribution in [3.8, 4) is 5.75 Å². The Labute approximate surface area is 216 Å². The standard InChI is InChI=1S/C28H32ClN3O4/c29-22-6-2-4-8-25(22)36-14-13-30-23-7-3-1-5-19(23)15-18-9-10-21-20(16-18)17-32(28(21)35)24-11-12-26(33)31-27(24)34/h2,4,6,8-10,16,19,23-24,30H,1,3,5,7,11-15,17H2,(H,31,33,34)/t19-,23?,24?/m1/s1. The second-order valence-electron chi connectivity index (χ2n) is 9.98. The van der Waals surface area contributed by atoms with E-state index >= 15 is 0 Å². The van der Waals surface area contributed by atoms with Crippen LogP contribution in [-0.2, 0) is 22.6 Å². The van der Waals surface area contributed by atoms with Crippen molar-refractivity contribution in [2.24, 2.45) is 5.92 Å². The van der Waals surface area contributed by atoms with Gasteiger partial charge in [0, 0.05) is 31.1 Å². The normalized spacial score (nSPS) is 24.0. The van der Waals surface area contributed by atoms with Crippen LogP contribution >= 0.6 is 11.6 Å². The van der Waals surface area contributed by atoms with E-state index in [0.29, 0.717) is 47.9 Å². The fourth-order valence-electron chi connectivity index (χ4n) is 5.75. The molecule has 7 nitrogen and oxygen atoms in total. The van der Waals surface area contributed by atoms with Gasteiger partial charge in [0.1, 0.15) is 18.4 Å². The summed E-state index contributed by atoms with van der Waals surface area (Å²) in [6.45, 7) is 1.73. The minimum absolute atomic E-state index is 0.123. The molecule has 2 aromatic rings. The fourth-order valence-corrected chi connectivity index (χ4v) is 5.94. The number of hydrogen-bond acceptors (Lipinski definition) is 5. The SMILES string of the molecule is O=C1CCC(N2Cc3cc(C[C@H]4CCCCC4NCCOc4ccccc4Cl)ccc3C2=O)C(=O)N1. The molecule has 2 unspecified atom stereocenters. The molecule has 3 amide bonds. The van der Waals surface area contributed by atoms with Crippen molar-refractivity contribution in [3.63, 3.8) is 0 Å². The Morgan fingerprint density at radius 1 is 1.06 bits per heavy atom. The number of fused-ring (bicyclic) bond motifs is 1. The number of carbonyl (C=O) groups is 3. The zero-order valence-corrected chi connectivity index (χ0v) is 21.1. The Bertz CT molecular complexity index is 1150. The second kappa shape index (κ2) is 11.0. The van der Waals surface area contributed by atoms with Crippen LogP contribution in [0.1, 0.15) is 60.0 Å². The molecule has 190 valence electrons. The molecule has 0 spiro atoms. The quantitative estimate of drug-likeness (QED) is 0.416. The van der Waals surface area contributed by atoms with Crippen LogP contribution in [0, 0.1) is 5.92 Å². The molecule has 3 atom stereocenters. The van der Waals surface area contributed by atoms with Crippen molar-refractivity contribution in [3.05, 3.63) is 64.2 Å². The summed E-state index contributed by atoms with van der Waals surface area (Å²) in [5.41, 5.74) is 2.85. The average molecular weight is 510 g/mol. The summed E-state index contributed by atoms with van der Waals surface area (Å²) in [6.07, 6.45) is 6.35. The Hall–Kier alpha value is -2.90. The van der Waals surface area contributed by atoms with E-state index in [1.165, 1.54) is 24.8 Å². The Kier molecular flexibility index (Phi) is 7.58. The number of benzene rings is 2. The number of halogens is 1. The molecule has 0 aromatic heterocycles. The van der Waals surface area contributed by atoms with Crippen LogP contribution in [0.15, 0.2) is 42.5 Å². The molecule has 1 aliphatic carbocycles. The summed E-state index contributed by atoms with van der Waals surface area (Å²) in [7, 11) is 0. The van der Waals surface area contributed by atoms with Gasteiger partial charge < -0.3 is 15.0 Å². The summed E-state index contributed by atoms with van der Waals surface area (Å²) in [5.74, 6) is 0.457. The maximum absolute atomic E-state index is 13.0. The van der Waals surface area contributed by atoms with E-state index in [9.17, 15) is 14.4 Å². The van der Waals surface area contributed by atoms with Gasteiger partial charge in [0.2, 0.25) is 11.8 Å². The first kappa shape index (κ1) is 24.8. The monoisotopic (exact) mass is 509 g/mol. The lowest BCUT2D eigenvalue weighted by Crippen LogP contribution is -2.52. The highest BCUT2D eigenvalue weighted by Crippen LogP contribution is 2.32. The number of carbonyl (C=O) groups excluding carboxylic acids is 3. The van der Waals surface area contributed by atoms with Crippen LogP contribution in [0.4, 0.5) is 0 Å². The van der Waals surface area contributed by atoms with Crippen molar-refractivity contribution in [2.45, 2.75) is 63.6 Å². The van der Waals surface area contributed by atoms with E-state index in [2.05, 4.69) is 22.8 Å². The van der Waals surface area contributed by atoms with Crippen LogP contribution in [-0.4, -0.2) is 47.9 Å². The fraction of sp³-hybridized carbons (Fsp3) is 0.464. The predicted molar refractivity (Wildman–Crippen MR) is 137 cm³/mol. The first-order valence-corrected chi connectivity index (χ1v) is 13.2. The van der Waals surface area contributed by atoms with Crippen LogP contribution in [0.25, 0.3) is 0 Å². The Morgan fingerprint density at radius 3 is 2.72 bits per heavy atom. The third kappa shape index (κ3) is 5.42. The van der Waals surface area contributed by atoms with E-state index in [1.807, 2.05) is 30.3 Å². The molecule has 2 fully saturated rings. The summed E-state index contributed by atoms with van der Waals surface area (Å²) in [6, 6.07) is 13.4. The molecule has 2 aliphatic heterocycles. The average Bonchev–Trinajstić information content (AvgIpc) is 3.19. The van der Waals surface area contributed by atoms with Gasteiger partial charge in [0.05, 0.1) is 5.02 Å². The van der Waals surface area contributed by atoms with Crippen LogP contribution in [0.3, 0.4) is 0 Å². The molecule has 1 saturated heterocycles. The number of piperidine rings is 1. The number of imide groups is 1. The molecule has 2 N–H and O–H groups in total. The van der Waals surface area contributed by atoms with E-state index in [4.69, 9.17) is 16.3 Å². The molecule has 2 heterocycles. The number of amides is 3. The lowest BCUT2D eigenvalue weighted by Gasteiger charge is -2.32. The number of para-hydroxylation sites is 1. The number of nitrogens with one attached hydrogen (secondary N) is 2. The second-order valence-corrected chi connectivity index (χ2v) is 10.4. The van der Waals surface area contributed by atoms with E-state index in [-0.39, 0.29) is 24.1 Å². The van der Waals surface area contributed by atoms with Gasteiger partial charge >= 0.3 is 0 Å². The van der Waals surface area contributed by atoms with E-state index in [1.54, 1.807) is 4.90 Å². The summed E-state index contributed by atoms with van der Waals surface area (Å²) in [5, 5.41) is 6.68. The van der Waals surface area contributed by atoms with Crippen molar-refractivity contribution < 1.29 is 19.1 Å². The van der Waals surface area contributed by atoms with Crippen molar-refractivity contribution in [1.29, 1.82) is 0 Å². The van der Waals surface area contributed by atoms with Gasteiger partial charge in [0.25, 0.3) is 5.91 Å². The van der Waals surface area contributed by atoms with Crippen molar-refractivity contribution in [2.75, 3.05) is 13.2 Å². The zero-order valence-electron chi connectivity index (χ0n) is 20.3. The van der Waals surface area contributed by atoms with Crippen molar-refractivity contribution in [1.82, 2.24) is 15.5 Å². The molecule has 5 rings (SSSR count). The number of ether oxygens (including phenoxy) is 1. The Morgan fingerprint density at radius 2 is 1.89 bits per heavy atom. The zero-order chi connectivity index (χ0) is 25.1. The molecular weight excluding hydrogens is 478 g/mol. The van der Waals surface area contributed by atoms with Crippen molar-refractivity contribution >= 4 is 29.3 Å². The maximum Gasteiger partial charge on any atom is 0.255 e. The van der Waals surface area contributed by atoms with Crippen LogP contribution < -0.4 is 15.4 Å².